The summed E-state index contributed by atoms with van der Waals surface area (Å²) in [6, 6.07) is 0. The average molecular weight is 808 g/mol. The van der Waals surface area contributed by atoms with Crippen LogP contribution in [0.25, 0.3) is 0 Å². The van der Waals surface area contributed by atoms with Crippen LogP contribution in [-0.4, -0.2) is 102 Å². The molecule has 0 aromatic heterocycles. The summed E-state index contributed by atoms with van der Waals surface area (Å²) in [5.74, 6) is 0. The Morgan fingerprint density at radius 3 is 0.909 bits per heavy atom. The van der Waals surface area contributed by atoms with Crippen LogP contribution in [0.1, 0.15) is 205 Å². The second kappa shape index (κ2) is 45.7. The molecule has 0 fully saturated rings. The van der Waals surface area contributed by atoms with Gasteiger partial charge in [-0.25, -0.2) is 8.42 Å². The van der Waals surface area contributed by atoms with E-state index in [2.05, 4.69) is 11.2 Å². The maximum atomic E-state index is 10.3. The molecule has 0 aromatic carbocycles. The molecule has 11 heteroatoms. The predicted octanol–water partition coefficient (Wildman–Crippen LogP) is 10.4. The van der Waals surface area contributed by atoms with Gasteiger partial charge in [0.1, 0.15) is 32.2 Å². The number of carbonyl (C=O) groups is 2. The zero-order valence-corrected chi connectivity index (χ0v) is 36.8. The number of hydrogen-bond acceptors (Lipinski definition) is 9. The Labute approximate surface area is 340 Å². The Morgan fingerprint density at radius 1 is 0.455 bits per heavy atom. The Balaban J connectivity index is 0. The van der Waals surface area contributed by atoms with Gasteiger partial charge in [-0.3, -0.25) is 4.18 Å². The molecule has 0 rings (SSSR count). The van der Waals surface area contributed by atoms with Crippen molar-refractivity contribution in [3.63, 3.8) is 0 Å². The first kappa shape index (κ1) is 56.1. The van der Waals surface area contributed by atoms with E-state index in [0.29, 0.717) is 0 Å². The van der Waals surface area contributed by atoms with Gasteiger partial charge in [-0.1, -0.05) is 167 Å². The molecular formula is C44H89NO9S. The summed E-state index contributed by atoms with van der Waals surface area (Å²) in [7, 11) is -1.38. The maximum absolute atomic E-state index is 10.3. The lowest BCUT2D eigenvalue weighted by atomic mass is 10.0. The molecule has 0 bridgehead atoms. The monoisotopic (exact) mass is 808 g/mol. The number of nitrogens with zero attached hydrogens (tertiary/aromatic N) is 1. The maximum Gasteiger partial charge on any atom is 0.217 e. The van der Waals surface area contributed by atoms with E-state index in [1.807, 2.05) is 0 Å². The molecule has 0 aliphatic rings. The number of rotatable bonds is 45. The van der Waals surface area contributed by atoms with Gasteiger partial charge in [-0.15, -0.1) is 0 Å². The summed E-state index contributed by atoms with van der Waals surface area (Å²) in [5, 5.41) is 9.62. The molecule has 0 atom stereocenters. The Bertz CT molecular complexity index is 827. The van der Waals surface area contributed by atoms with Crippen LogP contribution in [0, 0.1) is 0 Å². The van der Waals surface area contributed by atoms with Crippen LogP contribution >= 0.6 is 0 Å². The number of unbranched alkanes of at least 4 members (excludes halogenated alkanes) is 30. The lowest BCUT2D eigenvalue weighted by Gasteiger charge is -2.33. The number of aldehydes is 2. The largest absolute Gasteiger partial charge is 0.726 e. The van der Waals surface area contributed by atoms with Crippen molar-refractivity contribution in [1.29, 1.82) is 0 Å². The van der Waals surface area contributed by atoms with Crippen molar-refractivity contribution in [2.45, 2.75) is 205 Å². The van der Waals surface area contributed by atoms with Crippen molar-refractivity contribution in [3.8, 4) is 0 Å². The van der Waals surface area contributed by atoms with Crippen LogP contribution in [0.4, 0.5) is 0 Å². The number of aliphatic hydroxyl groups excluding tert-OH is 1. The van der Waals surface area contributed by atoms with Gasteiger partial charge in [-0.2, -0.15) is 0 Å². The van der Waals surface area contributed by atoms with E-state index >= 15 is 0 Å². The molecule has 0 radical (unpaired) electrons. The van der Waals surface area contributed by atoms with Gasteiger partial charge in [-0.05, 0) is 25.7 Å². The number of carbonyl (C=O) groups excluding carboxylic acids is 2. The summed E-state index contributed by atoms with van der Waals surface area (Å²) in [5.41, 5.74) is 0. The molecule has 1 N–H and O–H groups in total. The first-order valence-corrected chi connectivity index (χ1v) is 24.1. The Kier molecular flexibility index (Phi) is 46.7. The van der Waals surface area contributed by atoms with Crippen molar-refractivity contribution in [1.82, 2.24) is 0 Å². The molecule has 0 spiro atoms. The van der Waals surface area contributed by atoms with Crippen molar-refractivity contribution in [2.75, 3.05) is 66.8 Å². The molecule has 0 saturated heterocycles. The van der Waals surface area contributed by atoms with Gasteiger partial charge in [0.15, 0.2) is 0 Å². The number of quaternary nitrogens is 1. The quantitative estimate of drug-likeness (QED) is 0.0209. The molecule has 0 aromatic rings. The summed E-state index contributed by atoms with van der Waals surface area (Å²) < 4.78 is 43.8. The van der Waals surface area contributed by atoms with Gasteiger partial charge < -0.3 is 33.2 Å². The van der Waals surface area contributed by atoms with Crippen LogP contribution in [0.3, 0.4) is 0 Å². The van der Waals surface area contributed by atoms with Crippen molar-refractivity contribution < 1.29 is 45.8 Å². The third kappa shape index (κ3) is 51.0. The van der Waals surface area contributed by atoms with E-state index in [0.717, 1.165) is 109 Å². The van der Waals surface area contributed by atoms with Crippen molar-refractivity contribution >= 4 is 23.0 Å². The topological polar surface area (TPSA) is 139 Å². The van der Waals surface area contributed by atoms with Gasteiger partial charge in [0.05, 0.1) is 34.0 Å². The van der Waals surface area contributed by atoms with Gasteiger partial charge in [0.2, 0.25) is 10.4 Å². The fourth-order valence-electron chi connectivity index (χ4n) is 6.81. The minimum atomic E-state index is -4.41. The zero-order valence-electron chi connectivity index (χ0n) is 36.0. The van der Waals surface area contributed by atoms with E-state index in [1.54, 1.807) is 0 Å². The highest BCUT2D eigenvalue weighted by Gasteiger charge is 2.20. The average Bonchev–Trinajstić information content (AvgIpc) is 3.16. The molecule has 10 nitrogen and oxygen atoms in total. The van der Waals surface area contributed by atoms with Crippen LogP contribution in [0.2, 0.25) is 0 Å². The second-order valence-corrected chi connectivity index (χ2v) is 17.0. The standard InChI is InChI=1S/C43H86NO5.CH4O4S/c1-44(34-39-47,35-42-48-40-32-28-24-20-16-12-8-4-2-6-10-14-18-22-26-30-37-45)36-43-49-41-33-29-25-21-17-13-9-5-3-7-11-15-19-23-27-31-38-46;1-5-6(2,3)4/h37-38,47H,2-36,39-43H2,1H3;1H3,(H,2,3,4)/q+1;/p-1. The summed E-state index contributed by atoms with van der Waals surface area (Å²) in [4.78, 5) is 20.6. The van der Waals surface area contributed by atoms with Crippen LogP contribution in [-0.2, 0) is 33.6 Å². The van der Waals surface area contributed by atoms with Gasteiger partial charge >= 0.3 is 0 Å². The van der Waals surface area contributed by atoms with Crippen LogP contribution in [0.15, 0.2) is 0 Å². The van der Waals surface area contributed by atoms with E-state index in [-0.39, 0.29) is 6.61 Å². The molecule has 0 amide bonds. The SMILES string of the molecule is COS(=O)(=O)[O-].C[N+](CCO)(CCOCCCCCCCCCCCCCCCCCC=O)CCOCCCCCCCCCCCCCCCCCC=O. The number of ether oxygens (including phenoxy) is 2. The van der Waals surface area contributed by atoms with E-state index in [4.69, 9.17) is 9.47 Å². The Hall–Kier alpha value is -0.950. The number of likely N-dealkylation sites (N-methyl/N-ethyl adjacent to an activating group) is 1. The summed E-state index contributed by atoms with van der Waals surface area (Å²) in [6.45, 7) is 6.10. The summed E-state index contributed by atoms with van der Waals surface area (Å²) >= 11 is 0. The summed E-state index contributed by atoms with van der Waals surface area (Å²) in [6.07, 6.45) is 43.1. The first-order chi connectivity index (χ1) is 26.7. The molecule has 0 saturated carbocycles. The third-order valence-electron chi connectivity index (χ3n) is 10.6. The van der Waals surface area contributed by atoms with Crippen molar-refractivity contribution in [2.24, 2.45) is 0 Å². The highest BCUT2D eigenvalue weighted by molar-refractivity contribution is 7.80. The normalized spacial score (nSPS) is 11.8. The highest BCUT2D eigenvalue weighted by Crippen LogP contribution is 2.15. The third-order valence-corrected chi connectivity index (χ3v) is 11.0. The number of hydrogen-bond donors (Lipinski definition) is 1. The molecule has 0 aliphatic heterocycles. The molecule has 55 heavy (non-hydrogen) atoms. The smallest absolute Gasteiger partial charge is 0.217 e. The van der Waals surface area contributed by atoms with Crippen LogP contribution in [0.5, 0.6) is 0 Å². The van der Waals surface area contributed by atoms with Gasteiger partial charge in [0, 0.05) is 26.1 Å². The van der Waals surface area contributed by atoms with Crippen LogP contribution < -0.4 is 0 Å². The minimum absolute atomic E-state index is 0.213. The fourth-order valence-corrected chi connectivity index (χ4v) is 6.81. The predicted molar refractivity (Wildman–Crippen MR) is 226 cm³/mol. The second-order valence-electron chi connectivity index (χ2n) is 15.8. The zero-order chi connectivity index (χ0) is 40.8. The first-order valence-electron chi connectivity index (χ1n) is 22.7. The minimum Gasteiger partial charge on any atom is -0.726 e. The van der Waals surface area contributed by atoms with E-state index < -0.39 is 10.4 Å². The molecule has 0 heterocycles. The number of aliphatic hydroxyl groups is 1. The fraction of sp³-hybridized carbons (Fsp3) is 0.955. The van der Waals surface area contributed by atoms with Crippen molar-refractivity contribution in [3.05, 3.63) is 0 Å². The van der Waals surface area contributed by atoms with E-state index in [1.165, 1.54) is 167 Å². The van der Waals surface area contributed by atoms with E-state index in [9.17, 15) is 27.7 Å². The lowest BCUT2D eigenvalue weighted by molar-refractivity contribution is -0.910. The molecule has 0 unspecified atom stereocenters. The molecular weight excluding hydrogens is 719 g/mol. The molecule has 0 aliphatic carbocycles. The van der Waals surface area contributed by atoms with Gasteiger partial charge in [0.25, 0.3) is 0 Å². The highest BCUT2D eigenvalue weighted by atomic mass is 32.3. The lowest BCUT2D eigenvalue weighted by Crippen LogP contribution is -2.50. The molecule has 330 valence electrons. The Morgan fingerprint density at radius 2 is 0.691 bits per heavy atom.